The third kappa shape index (κ3) is 6.40. The van der Waals surface area contributed by atoms with E-state index in [0.29, 0.717) is 16.6 Å². The molecule has 0 amide bonds. The van der Waals surface area contributed by atoms with E-state index in [-0.39, 0.29) is 19.0 Å². The van der Waals surface area contributed by atoms with E-state index in [1.807, 2.05) is 19.3 Å². The van der Waals surface area contributed by atoms with Gasteiger partial charge in [-0.05, 0) is 74.3 Å². The second-order valence-electron chi connectivity index (χ2n) is 10.3. The molecule has 2 aliphatic rings. The topological polar surface area (TPSA) is 106 Å². The van der Waals surface area contributed by atoms with E-state index >= 15 is 0 Å². The van der Waals surface area contributed by atoms with Crippen molar-refractivity contribution in [2.45, 2.75) is 38.5 Å². The number of halogens is 2. The Hall–Kier alpha value is -3.90. The number of likely N-dealkylation sites (N-methyl/N-ethyl adjacent to an activating group) is 1. The van der Waals surface area contributed by atoms with Gasteiger partial charge in [-0.2, -0.15) is 5.10 Å². The lowest BCUT2D eigenvalue weighted by molar-refractivity contribution is -0.108. The van der Waals surface area contributed by atoms with Crippen LogP contribution in [0.15, 0.2) is 55.0 Å². The van der Waals surface area contributed by atoms with Gasteiger partial charge in [-0.3, -0.25) is 4.68 Å². The second-order valence-corrected chi connectivity index (χ2v) is 11.7. The Balaban J connectivity index is 0.000000415. The van der Waals surface area contributed by atoms with Crippen LogP contribution in [0.5, 0.6) is 5.75 Å². The van der Waals surface area contributed by atoms with E-state index in [1.54, 1.807) is 46.6 Å². The summed E-state index contributed by atoms with van der Waals surface area (Å²) in [5.74, 6) is 0.900. The molecule has 12 heteroatoms. The first-order valence-corrected chi connectivity index (χ1v) is 15.3. The molecule has 5 aromatic rings. The number of nitrogens with one attached hydrogen (secondary N) is 3. The van der Waals surface area contributed by atoms with E-state index in [0.717, 1.165) is 69.3 Å². The summed E-state index contributed by atoms with van der Waals surface area (Å²) in [5, 5.41) is 15.7. The van der Waals surface area contributed by atoms with Crippen LogP contribution in [-0.2, 0) is 30.8 Å². The largest absolute Gasteiger partial charge is 0.487 e. The summed E-state index contributed by atoms with van der Waals surface area (Å²) in [7, 11) is 2.01. The first kappa shape index (κ1) is 29.2. The summed E-state index contributed by atoms with van der Waals surface area (Å²) in [5.41, 5.74) is 4.78. The summed E-state index contributed by atoms with van der Waals surface area (Å²) in [4.78, 5) is 22.0. The first-order chi connectivity index (χ1) is 21.0. The summed E-state index contributed by atoms with van der Waals surface area (Å²) in [6.45, 7) is 2.80. The molecule has 0 saturated carbocycles. The highest BCUT2D eigenvalue weighted by molar-refractivity contribution is 7.22. The van der Waals surface area contributed by atoms with Gasteiger partial charge in [0.1, 0.15) is 41.4 Å². The molecule has 0 bridgehead atoms. The number of hydrogen-bond acceptors (Lipinski definition) is 9. The van der Waals surface area contributed by atoms with Crippen LogP contribution >= 0.6 is 22.9 Å². The number of aromatic nitrogens is 4. The van der Waals surface area contributed by atoms with Gasteiger partial charge in [-0.25, -0.2) is 14.4 Å². The van der Waals surface area contributed by atoms with Crippen molar-refractivity contribution in [2.24, 2.45) is 0 Å². The van der Waals surface area contributed by atoms with Gasteiger partial charge in [0.25, 0.3) is 0 Å². The van der Waals surface area contributed by atoms with Crippen molar-refractivity contribution in [3.05, 3.63) is 82.6 Å². The monoisotopic (exact) mass is 619 g/mol. The highest BCUT2D eigenvalue weighted by atomic mass is 35.5. The number of ether oxygens (including phenoxy) is 1. The van der Waals surface area contributed by atoms with Gasteiger partial charge in [0.05, 0.1) is 23.2 Å². The minimum atomic E-state index is -0.306. The van der Waals surface area contributed by atoms with Crippen LogP contribution in [0.1, 0.15) is 23.2 Å². The van der Waals surface area contributed by atoms with Gasteiger partial charge in [0, 0.05) is 34.4 Å². The number of anilines is 2. The van der Waals surface area contributed by atoms with Crippen LogP contribution in [-0.4, -0.2) is 52.2 Å². The van der Waals surface area contributed by atoms with Crippen LogP contribution in [0.4, 0.5) is 15.9 Å². The Morgan fingerprint density at radius 1 is 1.23 bits per heavy atom. The van der Waals surface area contributed by atoms with Crippen molar-refractivity contribution in [3.63, 3.8) is 0 Å². The highest BCUT2D eigenvalue weighted by Crippen LogP contribution is 2.45. The quantitative estimate of drug-likeness (QED) is 0.195. The predicted molar refractivity (Wildman–Crippen MR) is 168 cm³/mol. The molecule has 1 aliphatic heterocycles. The number of hydrogen-bond donors (Lipinski definition) is 3. The summed E-state index contributed by atoms with van der Waals surface area (Å²) >= 11 is 8.09. The Labute approximate surface area is 257 Å². The molecule has 3 aromatic heterocycles. The Morgan fingerprint density at radius 3 is 2.88 bits per heavy atom. The number of benzene rings is 2. The SMILES string of the molecule is CNC1CCNC1.O=CCn1ncc2c1CCc1c-2sc2ncnc(Nc3ccc(OCc4cccc(F)c4)c(Cl)c3)c12. The van der Waals surface area contributed by atoms with Gasteiger partial charge in [0.15, 0.2) is 0 Å². The number of nitrogens with zero attached hydrogens (tertiary/aromatic N) is 4. The van der Waals surface area contributed by atoms with Crippen molar-refractivity contribution in [1.29, 1.82) is 0 Å². The normalized spacial score (nSPS) is 15.4. The molecule has 0 spiro atoms. The van der Waals surface area contributed by atoms with E-state index in [2.05, 4.69) is 31.0 Å². The van der Waals surface area contributed by atoms with E-state index in [9.17, 15) is 9.18 Å². The van der Waals surface area contributed by atoms with Crippen molar-refractivity contribution in [3.8, 4) is 16.2 Å². The van der Waals surface area contributed by atoms with Crippen molar-refractivity contribution in [2.75, 3.05) is 25.5 Å². The van der Waals surface area contributed by atoms with Crippen molar-refractivity contribution < 1.29 is 13.9 Å². The van der Waals surface area contributed by atoms with Gasteiger partial charge in [-0.15, -0.1) is 11.3 Å². The number of thiophene rings is 1. The lowest BCUT2D eigenvalue weighted by Crippen LogP contribution is -2.26. The molecule has 2 aromatic carbocycles. The van der Waals surface area contributed by atoms with Gasteiger partial charge in [0.2, 0.25) is 0 Å². The molecule has 1 unspecified atom stereocenters. The summed E-state index contributed by atoms with van der Waals surface area (Å²) < 4.78 is 21.0. The third-order valence-electron chi connectivity index (χ3n) is 7.59. The van der Waals surface area contributed by atoms with Crippen molar-refractivity contribution >= 4 is 50.9 Å². The molecule has 7 rings (SSSR count). The predicted octanol–water partition coefficient (Wildman–Crippen LogP) is 5.54. The maximum absolute atomic E-state index is 13.4. The summed E-state index contributed by atoms with van der Waals surface area (Å²) in [6, 6.07) is 12.4. The zero-order valence-corrected chi connectivity index (χ0v) is 25.1. The van der Waals surface area contributed by atoms with Crippen LogP contribution in [0.25, 0.3) is 20.7 Å². The molecule has 43 heavy (non-hydrogen) atoms. The molecule has 9 nitrogen and oxygen atoms in total. The number of aryl methyl sites for hydroxylation is 1. The lowest BCUT2D eigenvalue weighted by atomic mass is 9.95. The molecule has 3 N–H and O–H groups in total. The first-order valence-electron chi connectivity index (χ1n) is 14.1. The lowest BCUT2D eigenvalue weighted by Gasteiger charge is -2.15. The van der Waals surface area contributed by atoms with Gasteiger partial charge < -0.3 is 25.5 Å². The molecule has 1 atom stereocenters. The van der Waals surface area contributed by atoms with Crippen LogP contribution in [0, 0.1) is 5.82 Å². The third-order valence-corrected chi connectivity index (χ3v) is 9.05. The summed E-state index contributed by atoms with van der Waals surface area (Å²) in [6.07, 6.45) is 7.12. The highest BCUT2D eigenvalue weighted by Gasteiger charge is 2.27. The fourth-order valence-electron chi connectivity index (χ4n) is 5.40. The molecule has 222 valence electrons. The van der Waals surface area contributed by atoms with E-state index in [4.69, 9.17) is 16.3 Å². The van der Waals surface area contributed by atoms with Crippen molar-refractivity contribution in [1.82, 2.24) is 30.4 Å². The standard InChI is InChI=1S/C26H19ClFN5O2S.C5H12N2/c27-20-11-17(4-7-22(20)35-13-15-2-1-3-16(28)10-15)32-25-23-18-5-6-21-19(12-31-33(21)8-9-34)24(18)36-26(23)30-14-29-25;1-6-5-2-3-7-4-5/h1-4,7,9-12,14H,5-6,8,13H2,(H,29,30,32);5-7H,2-4H2,1H3. The molecule has 1 saturated heterocycles. The molecule has 1 fully saturated rings. The minimum absolute atomic E-state index is 0.212. The Bertz CT molecular complexity index is 1750. The zero-order chi connectivity index (χ0) is 29.8. The maximum atomic E-state index is 13.4. The van der Waals surface area contributed by atoms with Crippen LogP contribution in [0.2, 0.25) is 5.02 Å². The number of rotatable bonds is 8. The average molecular weight is 620 g/mol. The number of carbonyl (C=O) groups excluding carboxylic acids is 1. The van der Waals surface area contributed by atoms with Crippen LogP contribution < -0.4 is 20.7 Å². The van der Waals surface area contributed by atoms with Gasteiger partial charge >= 0.3 is 0 Å². The second kappa shape index (κ2) is 13.2. The van der Waals surface area contributed by atoms with E-state index < -0.39 is 0 Å². The zero-order valence-electron chi connectivity index (χ0n) is 23.6. The minimum Gasteiger partial charge on any atom is -0.487 e. The Kier molecular flexibility index (Phi) is 8.94. The molecule has 0 radical (unpaired) electrons. The Morgan fingerprint density at radius 2 is 2.14 bits per heavy atom. The number of aldehydes is 1. The fourth-order valence-corrected chi connectivity index (χ4v) is 6.86. The van der Waals surface area contributed by atoms with E-state index in [1.165, 1.54) is 30.7 Å². The maximum Gasteiger partial charge on any atom is 0.142 e. The smallest absolute Gasteiger partial charge is 0.142 e. The molecular formula is C31H31ClFN7O2S. The fraction of sp³-hybridized carbons (Fsp3) is 0.290. The molecule has 4 heterocycles. The molecular weight excluding hydrogens is 589 g/mol. The molecule has 1 aliphatic carbocycles. The number of carbonyl (C=O) groups is 1. The average Bonchev–Trinajstić information content (AvgIpc) is 3.76. The van der Waals surface area contributed by atoms with Gasteiger partial charge in [-0.1, -0.05) is 23.7 Å². The number of fused-ring (bicyclic) bond motifs is 5. The van der Waals surface area contributed by atoms with Crippen LogP contribution in [0.3, 0.4) is 0 Å².